The second-order valence-corrected chi connectivity index (χ2v) is 7.25. The zero-order chi connectivity index (χ0) is 19.0. The highest BCUT2D eigenvalue weighted by molar-refractivity contribution is 6.31. The van der Waals surface area contributed by atoms with Gasteiger partial charge in [0.05, 0.1) is 0 Å². The average Bonchev–Trinajstić information content (AvgIpc) is 3.31. The highest BCUT2D eigenvalue weighted by Gasteiger charge is 2.34. The van der Waals surface area contributed by atoms with Gasteiger partial charge >= 0.3 is 0 Å². The summed E-state index contributed by atoms with van der Waals surface area (Å²) in [5.41, 5.74) is 3.94. The van der Waals surface area contributed by atoms with Crippen LogP contribution in [0.4, 0.5) is 5.69 Å². The molecule has 0 spiro atoms. The van der Waals surface area contributed by atoms with Crippen LogP contribution in [0.3, 0.4) is 0 Å². The summed E-state index contributed by atoms with van der Waals surface area (Å²) in [4.78, 5) is 18.8. The van der Waals surface area contributed by atoms with Gasteiger partial charge in [-0.25, -0.2) is 0 Å². The summed E-state index contributed by atoms with van der Waals surface area (Å²) in [6.45, 7) is 4.58. The van der Waals surface area contributed by atoms with Crippen molar-refractivity contribution in [3.8, 4) is 11.5 Å². The Hall–Kier alpha value is -2.66. The average molecular weight is 382 g/mol. The van der Waals surface area contributed by atoms with Gasteiger partial charge in [0, 0.05) is 35.2 Å². The van der Waals surface area contributed by atoms with Crippen molar-refractivity contribution in [3.63, 3.8) is 0 Å². The van der Waals surface area contributed by atoms with E-state index in [-0.39, 0.29) is 11.8 Å². The van der Waals surface area contributed by atoms with Crippen LogP contribution in [-0.4, -0.2) is 22.6 Å². The first kappa shape index (κ1) is 17.7. The maximum atomic E-state index is 12.5. The van der Waals surface area contributed by atoms with Gasteiger partial charge in [-0.2, -0.15) is 4.98 Å². The van der Waals surface area contributed by atoms with E-state index in [4.69, 9.17) is 16.1 Å². The molecular weight excluding hydrogens is 362 g/mol. The van der Waals surface area contributed by atoms with Gasteiger partial charge in [0.15, 0.2) is 5.82 Å². The van der Waals surface area contributed by atoms with Gasteiger partial charge in [0.25, 0.3) is 5.89 Å². The monoisotopic (exact) mass is 381 g/mol. The molecule has 1 saturated heterocycles. The predicted octanol–water partition coefficient (Wildman–Crippen LogP) is 4.78. The Morgan fingerprint density at radius 1 is 1.22 bits per heavy atom. The molecule has 1 amide bonds. The Balaban J connectivity index is 1.53. The van der Waals surface area contributed by atoms with Crippen molar-refractivity contribution in [2.45, 2.75) is 32.6 Å². The second kappa shape index (κ2) is 7.16. The molecule has 0 aliphatic carbocycles. The molecule has 0 saturated carbocycles. The summed E-state index contributed by atoms with van der Waals surface area (Å²) >= 11 is 6.09. The molecule has 1 fully saturated rings. The molecule has 27 heavy (non-hydrogen) atoms. The van der Waals surface area contributed by atoms with Crippen molar-refractivity contribution < 1.29 is 9.32 Å². The van der Waals surface area contributed by atoms with E-state index in [9.17, 15) is 4.79 Å². The van der Waals surface area contributed by atoms with Crippen molar-refractivity contribution >= 4 is 23.2 Å². The fourth-order valence-corrected chi connectivity index (χ4v) is 3.45. The lowest BCUT2D eigenvalue weighted by molar-refractivity contribution is -0.117. The number of hydrogen-bond donors (Lipinski definition) is 0. The first-order chi connectivity index (χ1) is 13.0. The standard InChI is InChI=1S/C21H20ClN3O2/c1-3-14-4-6-15(7-5-14)21-23-20(24-27-21)16-11-19(26)25(12-16)17-8-9-18(22)13(2)10-17/h4-10,16H,3,11-12H2,1-2H3. The third-order valence-electron chi connectivity index (χ3n) is 4.99. The van der Waals surface area contributed by atoms with Crippen molar-refractivity contribution in [2.24, 2.45) is 0 Å². The zero-order valence-electron chi connectivity index (χ0n) is 15.3. The molecule has 138 valence electrons. The predicted molar refractivity (Wildman–Crippen MR) is 105 cm³/mol. The van der Waals surface area contributed by atoms with Crippen LogP contribution >= 0.6 is 11.6 Å². The summed E-state index contributed by atoms with van der Waals surface area (Å²) in [6, 6.07) is 13.7. The van der Waals surface area contributed by atoms with Gasteiger partial charge in [-0.05, 0) is 54.8 Å². The van der Waals surface area contributed by atoms with Crippen LogP contribution in [0.25, 0.3) is 11.5 Å². The third kappa shape index (κ3) is 3.47. The number of benzene rings is 2. The maximum absolute atomic E-state index is 12.5. The minimum Gasteiger partial charge on any atom is -0.334 e. The van der Waals surface area contributed by atoms with Gasteiger partial charge < -0.3 is 9.42 Å². The van der Waals surface area contributed by atoms with E-state index in [1.54, 1.807) is 4.90 Å². The minimum absolute atomic E-state index is 0.0559. The van der Waals surface area contributed by atoms with Crippen molar-refractivity contribution in [3.05, 3.63) is 64.4 Å². The van der Waals surface area contributed by atoms with E-state index in [0.29, 0.717) is 29.7 Å². The fourth-order valence-electron chi connectivity index (χ4n) is 3.33. The molecule has 4 rings (SSSR count). The topological polar surface area (TPSA) is 59.2 Å². The first-order valence-electron chi connectivity index (χ1n) is 9.04. The maximum Gasteiger partial charge on any atom is 0.257 e. The lowest BCUT2D eigenvalue weighted by atomic mass is 10.1. The number of hydrogen-bond acceptors (Lipinski definition) is 4. The SMILES string of the molecule is CCc1ccc(-c2nc(C3CC(=O)N(c4ccc(Cl)c(C)c4)C3)no2)cc1. The summed E-state index contributed by atoms with van der Waals surface area (Å²) in [5.74, 6) is 1.04. The second-order valence-electron chi connectivity index (χ2n) is 6.85. The molecule has 0 bridgehead atoms. The molecule has 6 heteroatoms. The number of rotatable bonds is 4. The van der Waals surface area contributed by atoms with E-state index in [1.807, 2.05) is 37.3 Å². The molecule has 0 N–H and O–H groups in total. The molecule has 1 aromatic heterocycles. The van der Waals surface area contributed by atoms with Crippen LogP contribution in [-0.2, 0) is 11.2 Å². The Labute approximate surface area is 163 Å². The highest BCUT2D eigenvalue weighted by Crippen LogP contribution is 2.33. The number of aryl methyl sites for hydroxylation is 2. The number of nitrogens with zero attached hydrogens (tertiary/aromatic N) is 3. The van der Waals surface area contributed by atoms with Gasteiger partial charge in [-0.1, -0.05) is 35.8 Å². The normalized spacial score (nSPS) is 16.9. The Kier molecular flexibility index (Phi) is 4.70. The number of halogens is 1. The number of amides is 1. The first-order valence-corrected chi connectivity index (χ1v) is 9.42. The lowest BCUT2D eigenvalue weighted by Gasteiger charge is -2.17. The molecule has 1 unspecified atom stereocenters. The minimum atomic E-state index is -0.0825. The highest BCUT2D eigenvalue weighted by atomic mass is 35.5. The van der Waals surface area contributed by atoms with E-state index in [0.717, 1.165) is 23.2 Å². The molecule has 5 nitrogen and oxygen atoms in total. The van der Waals surface area contributed by atoms with Gasteiger partial charge in [-0.3, -0.25) is 4.79 Å². The molecule has 1 aliphatic rings. The largest absolute Gasteiger partial charge is 0.334 e. The van der Waals surface area contributed by atoms with Gasteiger partial charge in [0.1, 0.15) is 0 Å². The van der Waals surface area contributed by atoms with Crippen molar-refractivity contribution in [2.75, 3.05) is 11.4 Å². The molecule has 2 aromatic carbocycles. The third-order valence-corrected chi connectivity index (χ3v) is 5.42. The molecule has 2 heterocycles. The summed E-state index contributed by atoms with van der Waals surface area (Å²) in [7, 11) is 0. The zero-order valence-corrected chi connectivity index (χ0v) is 16.0. The van der Waals surface area contributed by atoms with E-state index < -0.39 is 0 Å². The van der Waals surface area contributed by atoms with E-state index in [2.05, 4.69) is 29.2 Å². The Morgan fingerprint density at radius 2 is 2.00 bits per heavy atom. The summed E-state index contributed by atoms with van der Waals surface area (Å²) in [5, 5.41) is 4.82. The number of aromatic nitrogens is 2. The van der Waals surface area contributed by atoms with E-state index in [1.165, 1.54) is 5.56 Å². The Morgan fingerprint density at radius 3 is 2.70 bits per heavy atom. The fraction of sp³-hybridized carbons (Fsp3) is 0.286. The van der Waals surface area contributed by atoms with Gasteiger partial charge in [0.2, 0.25) is 5.91 Å². The van der Waals surface area contributed by atoms with E-state index >= 15 is 0 Å². The van der Waals surface area contributed by atoms with Crippen LogP contribution < -0.4 is 4.90 Å². The van der Waals surface area contributed by atoms with Crippen LogP contribution in [0.1, 0.15) is 36.2 Å². The number of anilines is 1. The molecule has 1 aliphatic heterocycles. The van der Waals surface area contributed by atoms with Gasteiger partial charge in [-0.15, -0.1) is 0 Å². The lowest BCUT2D eigenvalue weighted by Crippen LogP contribution is -2.24. The van der Waals surface area contributed by atoms with Crippen molar-refractivity contribution in [1.82, 2.24) is 10.1 Å². The van der Waals surface area contributed by atoms with Crippen molar-refractivity contribution in [1.29, 1.82) is 0 Å². The quantitative estimate of drug-likeness (QED) is 0.652. The summed E-state index contributed by atoms with van der Waals surface area (Å²) < 4.78 is 5.44. The van der Waals surface area contributed by atoms with Crippen LogP contribution in [0.15, 0.2) is 47.0 Å². The molecule has 0 radical (unpaired) electrons. The summed E-state index contributed by atoms with van der Waals surface area (Å²) in [6.07, 6.45) is 1.36. The molecule has 1 atom stereocenters. The number of carbonyl (C=O) groups is 1. The van der Waals surface area contributed by atoms with Crippen LogP contribution in [0, 0.1) is 6.92 Å². The number of carbonyl (C=O) groups excluding carboxylic acids is 1. The smallest absolute Gasteiger partial charge is 0.257 e. The molecular formula is C21H20ClN3O2. The molecule has 3 aromatic rings. The Bertz CT molecular complexity index is 981. The van der Waals surface area contributed by atoms with Crippen LogP contribution in [0.5, 0.6) is 0 Å². The van der Waals surface area contributed by atoms with Crippen LogP contribution in [0.2, 0.25) is 5.02 Å².